The monoisotopic (exact) mass is 344 g/mol. The van der Waals surface area contributed by atoms with Gasteiger partial charge in [-0.1, -0.05) is 17.7 Å². The minimum atomic E-state index is -1.01. The number of rotatable bonds is 3. The number of aromatic nitrogens is 1. The van der Waals surface area contributed by atoms with Crippen LogP contribution < -0.4 is 5.73 Å². The normalized spacial score (nSPS) is 12.9. The van der Waals surface area contributed by atoms with E-state index in [1.165, 1.54) is 0 Å². The maximum Gasteiger partial charge on any atom is 0.320 e. The van der Waals surface area contributed by atoms with E-state index < -0.39 is 12.0 Å². The Hall–Kier alpha value is -1.04. The molecule has 0 radical (unpaired) electrons. The topological polar surface area (TPSA) is 68.2 Å². The van der Waals surface area contributed by atoms with Crippen LogP contribution in [0.1, 0.15) is 11.1 Å². The Labute approximate surface area is 124 Å². The summed E-state index contributed by atoms with van der Waals surface area (Å²) in [5.41, 5.74) is 8.49. The number of carboxylic acids is 1. The standard InChI is InChI=1S/C13H14BrClN2O2/c1-6-9(15)4-3-7-8(5-10(16)13(18)19)12(14)17(2)11(6)7/h3-4,10H,5,16H2,1-2H3,(H,18,19). The molecule has 1 aromatic carbocycles. The van der Waals surface area contributed by atoms with Crippen LogP contribution >= 0.6 is 27.5 Å². The number of halogens is 2. The van der Waals surface area contributed by atoms with Crippen LogP contribution in [0, 0.1) is 6.92 Å². The second-order valence-corrected chi connectivity index (χ2v) is 5.70. The summed E-state index contributed by atoms with van der Waals surface area (Å²) in [6, 6.07) is 2.80. The van der Waals surface area contributed by atoms with E-state index in [0.29, 0.717) is 5.02 Å². The molecule has 0 aliphatic carbocycles. The Bertz CT molecular complexity index is 666. The lowest BCUT2D eigenvalue weighted by atomic mass is 10.0. The average Bonchev–Trinajstić information content (AvgIpc) is 2.59. The van der Waals surface area contributed by atoms with Crippen LogP contribution in [0.4, 0.5) is 0 Å². The summed E-state index contributed by atoms with van der Waals surface area (Å²) in [4.78, 5) is 10.9. The molecule has 0 bridgehead atoms. The molecule has 0 amide bonds. The zero-order valence-corrected chi connectivity index (χ0v) is 12.9. The second kappa shape index (κ2) is 5.15. The van der Waals surface area contributed by atoms with E-state index in [4.69, 9.17) is 22.4 Å². The highest BCUT2D eigenvalue weighted by molar-refractivity contribution is 9.10. The quantitative estimate of drug-likeness (QED) is 0.899. The fraction of sp³-hybridized carbons (Fsp3) is 0.308. The molecule has 1 unspecified atom stereocenters. The molecule has 19 heavy (non-hydrogen) atoms. The van der Waals surface area contributed by atoms with Gasteiger partial charge in [0, 0.05) is 23.9 Å². The van der Waals surface area contributed by atoms with Gasteiger partial charge in [0.15, 0.2) is 0 Å². The first-order chi connectivity index (χ1) is 8.84. The number of nitrogens with two attached hydrogens (primary N) is 1. The molecule has 0 fully saturated rings. The van der Waals surface area contributed by atoms with E-state index >= 15 is 0 Å². The molecule has 0 spiro atoms. The van der Waals surface area contributed by atoms with E-state index in [1.54, 1.807) is 0 Å². The molecule has 2 rings (SSSR count). The van der Waals surface area contributed by atoms with E-state index in [1.807, 2.05) is 30.7 Å². The summed E-state index contributed by atoms with van der Waals surface area (Å²) in [5.74, 6) is -1.01. The second-order valence-electron chi connectivity index (χ2n) is 4.55. The molecule has 0 aliphatic heterocycles. The molecule has 4 nitrogen and oxygen atoms in total. The molecule has 2 aromatic rings. The van der Waals surface area contributed by atoms with Gasteiger partial charge in [0.1, 0.15) is 6.04 Å². The smallest absolute Gasteiger partial charge is 0.320 e. The van der Waals surface area contributed by atoms with Crippen LogP contribution in [0.5, 0.6) is 0 Å². The van der Waals surface area contributed by atoms with Gasteiger partial charge in [-0.3, -0.25) is 4.79 Å². The van der Waals surface area contributed by atoms with E-state index in [2.05, 4.69) is 15.9 Å². The Kier molecular flexibility index (Phi) is 3.90. The summed E-state index contributed by atoms with van der Waals surface area (Å²) in [6.45, 7) is 1.94. The maximum absolute atomic E-state index is 10.9. The molecule has 102 valence electrons. The van der Waals surface area contributed by atoms with Gasteiger partial charge < -0.3 is 15.4 Å². The van der Waals surface area contributed by atoms with E-state index in [9.17, 15) is 4.79 Å². The van der Waals surface area contributed by atoms with Crippen molar-refractivity contribution in [3.63, 3.8) is 0 Å². The van der Waals surface area contributed by atoms with Crippen LogP contribution in [-0.4, -0.2) is 21.7 Å². The van der Waals surface area contributed by atoms with Gasteiger partial charge >= 0.3 is 5.97 Å². The predicted octanol–water partition coefficient (Wildman–Crippen LogP) is 2.86. The number of aryl methyl sites for hydroxylation is 2. The van der Waals surface area contributed by atoms with Crippen LogP contribution in [0.3, 0.4) is 0 Å². The lowest BCUT2D eigenvalue weighted by Gasteiger charge is -2.06. The van der Waals surface area contributed by atoms with Crippen molar-refractivity contribution >= 4 is 44.4 Å². The van der Waals surface area contributed by atoms with Crippen molar-refractivity contribution < 1.29 is 9.90 Å². The number of nitrogens with zero attached hydrogens (tertiary/aromatic N) is 1. The lowest BCUT2D eigenvalue weighted by Crippen LogP contribution is -2.32. The largest absolute Gasteiger partial charge is 0.480 e. The van der Waals surface area contributed by atoms with Gasteiger partial charge in [-0.25, -0.2) is 0 Å². The molecule has 0 saturated heterocycles. The molecule has 0 aliphatic rings. The van der Waals surface area contributed by atoms with E-state index in [-0.39, 0.29) is 6.42 Å². The SMILES string of the molecule is Cc1c(Cl)ccc2c(CC(N)C(=O)O)c(Br)n(C)c12. The Morgan fingerprint density at radius 3 is 2.79 bits per heavy atom. The van der Waals surface area contributed by atoms with Crippen molar-refractivity contribution in [3.05, 3.63) is 32.9 Å². The number of fused-ring (bicyclic) bond motifs is 1. The molecule has 3 N–H and O–H groups in total. The van der Waals surface area contributed by atoms with Crippen LogP contribution in [0.15, 0.2) is 16.7 Å². The number of benzene rings is 1. The molecule has 1 heterocycles. The fourth-order valence-corrected chi connectivity index (χ4v) is 2.97. The van der Waals surface area contributed by atoms with Crippen molar-refractivity contribution in [3.8, 4) is 0 Å². The summed E-state index contributed by atoms with van der Waals surface area (Å²) >= 11 is 9.63. The average molecular weight is 346 g/mol. The van der Waals surface area contributed by atoms with Gasteiger partial charge in [0.05, 0.1) is 10.1 Å². The van der Waals surface area contributed by atoms with Gasteiger partial charge in [0.2, 0.25) is 0 Å². The zero-order chi connectivity index (χ0) is 14.3. The third-order valence-electron chi connectivity index (χ3n) is 3.31. The highest BCUT2D eigenvalue weighted by atomic mass is 79.9. The number of carbonyl (C=O) groups is 1. The third-order valence-corrected chi connectivity index (χ3v) is 4.73. The first kappa shape index (κ1) is 14.4. The molecular weight excluding hydrogens is 332 g/mol. The van der Waals surface area contributed by atoms with Crippen LogP contribution in [0.25, 0.3) is 10.9 Å². The fourth-order valence-electron chi connectivity index (χ4n) is 2.26. The number of hydrogen-bond donors (Lipinski definition) is 2. The number of hydrogen-bond acceptors (Lipinski definition) is 2. The van der Waals surface area contributed by atoms with Gasteiger partial charge in [0.25, 0.3) is 0 Å². The predicted molar refractivity (Wildman–Crippen MR) is 79.7 cm³/mol. The first-order valence-electron chi connectivity index (χ1n) is 5.74. The maximum atomic E-state index is 10.9. The molecule has 6 heteroatoms. The summed E-state index contributed by atoms with van der Waals surface area (Å²) in [6.07, 6.45) is 0.272. The van der Waals surface area contributed by atoms with Crippen LogP contribution in [-0.2, 0) is 18.3 Å². The van der Waals surface area contributed by atoms with E-state index in [0.717, 1.165) is 26.6 Å². The lowest BCUT2D eigenvalue weighted by molar-refractivity contribution is -0.138. The van der Waals surface area contributed by atoms with Crippen LogP contribution in [0.2, 0.25) is 5.02 Å². The van der Waals surface area contributed by atoms with Crippen molar-refractivity contribution in [1.29, 1.82) is 0 Å². The number of aliphatic carboxylic acids is 1. The molecule has 1 aromatic heterocycles. The van der Waals surface area contributed by atoms with Gasteiger partial charge in [-0.05, 0) is 40.0 Å². The summed E-state index contributed by atoms with van der Waals surface area (Å²) < 4.78 is 2.80. The van der Waals surface area contributed by atoms with Crippen molar-refractivity contribution in [2.75, 3.05) is 0 Å². The number of carboxylic acid groups (broad SMARTS) is 1. The van der Waals surface area contributed by atoms with Crippen molar-refractivity contribution in [1.82, 2.24) is 4.57 Å². The van der Waals surface area contributed by atoms with Crippen molar-refractivity contribution in [2.24, 2.45) is 12.8 Å². The highest BCUT2D eigenvalue weighted by Gasteiger charge is 2.20. The summed E-state index contributed by atoms with van der Waals surface area (Å²) in [7, 11) is 1.91. The zero-order valence-electron chi connectivity index (χ0n) is 10.6. The van der Waals surface area contributed by atoms with Gasteiger partial charge in [-0.2, -0.15) is 0 Å². The Morgan fingerprint density at radius 1 is 1.58 bits per heavy atom. The highest BCUT2D eigenvalue weighted by Crippen LogP contribution is 2.34. The summed E-state index contributed by atoms with van der Waals surface area (Å²) in [5, 5.41) is 10.6. The molecule has 0 saturated carbocycles. The molecule has 1 atom stereocenters. The first-order valence-corrected chi connectivity index (χ1v) is 6.92. The Morgan fingerprint density at radius 2 is 2.21 bits per heavy atom. The van der Waals surface area contributed by atoms with Gasteiger partial charge in [-0.15, -0.1) is 0 Å². The van der Waals surface area contributed by atoms with Crippen molar-refractivity contribution in [2.45, 2.75) is 19.4 Å². The minimum absolute atomic E-state index is 0.272. The molecular formula is C13H14BrClN2O2. The minimum Gasteiger partial charge on any atom is -0.480 e. The third kappa shape index (κ3) is 2.38. The Balaban J connectivity index is 2.66.